The number of rotatable bonds is 6. The molecule has 154 valence electrons. The number of hydrogen-bond donors (Lipinski definition) is 1. The van der Waals surface area contributed by atoms with E-state index in [1.54, 1.807) is 36.2 Å². The fourth-order valence-corrected chi connectivity index (χ4v) is 4.42. The van der Waals surface area contributed by atoms with E-state index in [0.29, 0.717) is 17.0 Å². The Bertz CT molecular complexity index is 1030. The second-order valence-corrected chi connectivity index (χ2v) is 8.42. The normalized spacial score (nSPS) is 10.4. The van der Waals surface area contributed by atoms with Crippen molar-refractivity contribution in [2.75, 3.05) is 23.9 Å². The van der Waals surface area contributed by atoms with Crippen LogP contribution in [0.1, 0.15) is 15.9 Å². The van der Waals surface area contributed by atoms with Crippen LogP contribution in [0, 0.1) is 6.92 Å². The van der Waals surface area contributed by atoms with Crippen LogP contribution in [0.4, 0.5) is 11.4 Å². The zero-order valence-corrected chi connectivity index (χ0v) is 19.7. The molecule has 0 aromatic heterocycles. The molecule has 7 heteroatoms. The lowest BCUT2D eigenvalue weighted by atomic mass is 10.1. The highest BCUT2D eigenvalue weighted by Gasteiger charge is 2.14. The molecule has 0 bridgehead atoms. The van der Waals surface area contributed by atoms with Gasteiger partial charge < -0.3 is 15.0 Å². The smallest absolute Gasteiger partial charge is 0.262 e. The number of halogens is 2. The summed E-state index contributed by atoms with van der Waals surface area (Å²) in [6, 6.07) is 20.0. The summed E-state index contributed by atoms with van der Waals surface area (Å²) in [5.74, 6) is 0.209. The summed E-state index contributed by atoms with van der Waals surface area (Å²) in [5, 5.41) is 2.78. The largest absolute Gasteiger partial charge is 0.482 e. The SMILES string of the molecule is Cc1cc(Br)cc(Br)c1OCC(=O)Nc1ccc(C(=O)N(C)c2ccccc2)cc1. The van der Waals surface area contributed by atoms with E-state index in [1.807, 2.05) is 49.4 Å². The van der Waals surface area contributed by atoms with Crippen LogP contribution in [0.15, 0.2) is 75.7 Å². The first-order chi connectivity index (χ1) is 14.3. The van der Waals surface area contributed by atoms with E-state index in [1.165, 1.54) is 0 Å². The van der Waals surface area contributed by atoms with E-state index in [0.717, 1.165) is 20.2 Å². The summed E-state index contributed by atoms with van der Waals surface area (Å²) in [4.78, 5) is 26.5. The molecule has 3 rings (SSSR count). The van der Waals surface area contributed by atoms with Gasteiger partial charge in [0.05, 0.1) is 4.47 Å². The third-order valence-electron chi connectivity index (χ3n) is 4.41. The van der Waals surface area contributed by atoms with Crippen molar-refractivity contribution in [3.8, 4) is 5.75 Å². The average Bonchev–Trinajstić information content (AvgIpc) is 2.73. The summed E-state index contributed by atoms with van der Waals surface area (Å²) < 4.78 is 7.36. The second kappa shape index (κ2) is 9.91. The molecule has 1 N–H and O–H groups in total. The first kappa shape index (κ1) is 22.1. The Hall–Kier alpha value is -2.64. The van der Waals surface area contributed by atoms with Gasteiger partial charge in [0.1, 0.15) is 5.75 Å². The highest BCUT2D eigenvalue weighted by atomic mass is 79.9. The molecule has 3 aromatic carbocycles. The van der Waals surface area contributed by atoms with Gasteiger partial charge in [-0.2, -0.15) is 0 Å². The minimum absolute atomic E-state index is 0.126. The van der Waals surface area contributed by atoms with Crippen molar-refractivity contribution >= 4 is 55.0 Å². The number of benzene rings is 3. The first-order valence-electron chi connectivity index (χ1n) is 9.16. The van der Waals surface area contributed by atoms with Crippen LogP contribution in [0.3, 0.4) is 0 Å². The zero-order valence-electron chi connectivity index (χ0n) is 16.5. The van der Waals surface area contributed by atoms with Crippen LogP contribution >= 0.6 is 31.9 Å². The van der Waals surface area contributed by atoms with Gasteiger partial charge in [0.25, 0.3) is 11.8 Å². The van der Waals surface area contributed by atoms with Crippen molar-refractivity contribution in [3.05, 3.63) is 86.8 Å². The van der Waals surface area contributed by atoms with Gasteiger partial charge in [0.2, 0.25) is 0 Å². The van der Waals surface area contributed by atoms with Crippen molar-refractivity contribution in [1.29, 1.82) is 0 Å². The Morgan fingerprint density at radius 1 is 1.00 bits per heavy atom. The van der Waals surface area contributed by atoms with E-state index in [4.69, 9.17) is 4.74 Å². The molecule has 5 nitrogen and oxygen atoms in total. The highest BCUT2D eigenvalue weighted by molar-refractivity contribution is 9.11. The van der Waals surface area contributed by atoms with Gasteiger partial charge in [-0.25, -0.2) is 0 Å². The zero-order chi connectivity index (χ0) is 21.7. The van der Waals surface area contributed by atoms with Crippen LogP contribution in [0.25, 0.3) is 0 Å². The number of anilines is 2. The minimum atomic E-state index is -0.287. The third-order valence-corrected chi connectivity index (χ3v) is 5.45. The average molecular weight is 532 g/mol. The van der Waals surface area contributed by atoms with Gasteiger partial charge in [-0.1, -0.05) is 34.1 Å². The fraction of sp³-hybridized carbons (Fsp3) is 0.130. The Morgan fingerprint density at radius 2 is 1.67 bits per heavy atom. The summed E-state index contributed by atoms with van der Waals surface area (Å²) >= 11 is 6.86. The Labute approximate surface area is 192 Å². The molecule has 2 amide bonds. The second-order valence-electron chi connectivity index (χ2n) is 6.65. The number of carbonyl (C=O) groups is 2. The number of hydrogen-bond acceptors (Lipinski definition) is 3. The number of nitrogens with one attached hydrogen (secondary N) is 1. The molecule has 0 heterocycles. The summed E-state index contributed by atoms with van der Waals surface area (Å²) in [7, 11) is 1.73. The minimum Gasteiger partial charge on any atom is -0.482 e. The van der Waals surface area contributed by atoms with Crippen LogP contribution in [0.2, 0.25) is 0 Å². The fourth-order valence-electron chi connectivity index (χ4n) is 2.87. The molecule has 30 heavy (non-hydrogen) atoms. The molecule has 0 spiro atoms. The number of amides is 2. The van der Waals surface area contributed by atoms with Gasteiger partial charge in [-0.3, -0.25) is 9.59 Å². The maximum Gasteiger partial charge on any atom is 0.262 e. The molecular formula is C23H20Br2N2O3. The maximum atomic E-state index is 12.6. The monoisotopic (exact) mass is 530 g/mol. The van der Waals surface area contributed by atoms with Crippen LogP contribution in [0.5, 0.6) is 5.75 Å². The van der Waals surface area contributed by atoms with Gasteiger partial charge in [0, 0.05) is 28.5 Å². The van der Waals surface area contributed by atoms with Crippen molar-refractivity contribution in [3.63, 3.8) is 0 Å². The number of nitrogens with zero attached hydrogens (tertiary/aromatic N) is 1. The molecule has 0 atom stereocenters. The summed E-state index contributed by atoms with van der Waals surface area (Å²) in [6.07, 6.45) is 0. The number of para-hydroxylation sites is 1. The van der Waals surface area contributed by atoms with Crippen LogP contribution < -0.4 is 15.0 Å². The Morgan fingerprint density at radius 3 is 2.30 bits per heavy atom. The number of carbonyl (C=O) groups excluding carboxylic acids is 2. The molecule has 0 aliphatic carbocycles. The molecule has 0 radical (unpaired) electrons. The van der Waals surface area contributed by atoms with Crippen molar-refractivity contribution in [1.82, 2.24) is 0 Å². The predicted molar refractivity (Wildman–Crippen MR) is 126 cm³/mol. The van der Waals surface area contributed by atoms with Crippen LogP contribution in [-0.2, 0) is 4.79 Å². The number of ether oxygens (including phenoxy) is 1. The van der Waals surface area contributed by atoms with Crippen molar-refractivity contribution < 1.29 is 14.3 Å². The highest BCUT2D eigenvalue weighted by Crippen LogP contribution is 2.32. The van der Waals surface area contributed by atoms with E-state index in [-0.39, 0.29) is 18.4 Å². The molecule has 0 fully saturated rings. The lowest BCUT2D eigenvalue weighted by molar-refractivity contribution is -0.118. The van der Waals surface area contributed by atoms with Gasteiger partial charge in [0.15, 0.2) is 6.61 Å². The van der Waals surface area contributed by atoms with Crippen molar-refractivity contribution in [2.24, 2.45) is 0 Å². The molecule has 0 aliphatic rings. The van der Waals surface area contributed by atoms with E-state index >= 15 is 0 Å². The predicted octanol–water partition coefficient (Wildman–Crippen LogP) is 5.81. The molecule has 3 aromatic rings. The first-order valence-corrected chi connectivity index (χ1v) is 10.7. The van der Waals surface area contributed by atoms with E-state index in [2.05, 4.69) is 37.2 Å². The van der Waals surface area contributed by atoms with Gasteiger partial charge in [-0.05, 0) is 76.9 Å². The quantitative estimate of drug-likeness (QED) is 0.436. The van der Waals surface area contributed by atoms with E-state index in [9.17, 15) is 9.59 Å². The lowest BCUT2D eigenvalue weighted by Crippen LogP contribution is -2.26. The summed E-state index contributed by atoms with van der Waals surface area (Å²) in [6.45, 7) is 1.78. The van der Waals surface area contributed by atoms with Gasteiger partial charge in [-0.15, -0.1) is 0 Å². The molecule has 0 saturated carbocycles. The number of aryl methyl sites for hydroxylation is 1. The molecule has 0 unspecified atom stereocenters. The van der Waals surface area contributed by atoms with Gasteiger partial charge >= 0.3 is 0 Å². The topological polar surface area (TPSA) is 58.6 Å². The van der Waals surface area contributed by atoms with Crippen molar-refractivity contribution in [2.45, 2.75) is 6.92 Å². The van der Waals surface area contributed by atoms with Crippen LogP contribution in [-0.4, -0.2) is 25.5 Å². The summed E-state index contributed by atoms with van der Waals surface area (Å²) in [5.41, 5.74) is 2.85. The molecule has 0 saturated heterocycles. The Kier molecular flexibility index (Phi) is 7.29. The maximum absolute atomic E-state index is 12.6. The molecular weight excluding hydrogens is 512 g/mol. The Balaban J connectivity index is 1.59. The standard InChI is InChI=1S/C23H20Br2N2O3/c1-15-12-17(24)13-20(25)22(15)30-14-21(28)26-18-10-8-16(9-11-18)23(29)27(2)19-6-4-3-5-7-19/h3-13H,14H2,1-2H3,(H,26,28). The lowest BCUT2D eigenvalue weighted by Gasteiger charge is -2.17. The third kappa shape index (κ3) is 5.49. The molecule has 0 aliphatic heterocycles. The van der Waals surface area contributed by atoms with E-state index < -0.39 is 0 Å².